The zero-order chi connectivity index (χ0) is 28.3. The number of nitrogens with two attached hydrogens (primary N) is 1. The quantitative estimate of drug-likeness (QED) is 0.210. The van der Waals surface area contributed by atoms with Crippen LogP contribution in [0.25, 0.3) is 11.2 Å². The largest absolute Gasteiger partial charge is 0.462 e. The lowest BCUT2D eigenvalue weighted by Gasteiger charge is -2.24. The standard InChI is InChI=1S/C26H24N5O8P/c27-22-20-23(29-14-28-22)31(15-30-20)24-21(39-26(33)17-9-5-2-6-10-17)18(19(38-24)11-12-40(34,35)36)13-37-25(32)16-7-3-1-4-8-16/h1-12,14-15,18-19,21,24H,13H2,(H2,27,28,29)(H2,34,35,36)/b12-11+/t18-,19-,21-,24-/m1/s1. The highest BCUT2D eigenvalue weighted by molar-refractivity contribution is 7.55. The summed E-state index contributed by atoms with van der Waals surface area (Å²) in [4.78, 5) is 57.2. The fourth-order valence-corrected chi connectivity index (χ4v) is 4.73. The number of benzene rings is 2. The molecule has 4 N–H and O–H groups in total. The van der Waals surface area contributed by atoms with Crippen molar-refractivity contribution in [3.05, 3.63) is 96.3 Å². The Labute approximate surface area is 227 Å². The molecule has 2 aromatic heterocycles. The molecule has 5 rings (SSSR count). The van der Waals surface area contributed by atoms with Crippen LogP contribution in [0.2, 0.25) is 0 Å². The molecule has 0 unspecified atom stereocenters. The van der Waals surface area contributed by atoms with E-state index in [0.29, 0.717) is 11.4 Å². The summed E-state index contributed by atoms with van der Waals surface area (Å²) >= 11 is 0. The molecule has 1 fully saturated rings. The van der Waals surface area contributed by atoms with Gasteiger partial charge in [0.1, 0.15) is 18.5 Å². The second kappa shape index (κ2) is 11.4. The number of nitrogen functional groups attached to an aromatic ring is 1. The van der Waals surface area contributed by atoms with E-state index in [9.17, 15) is 23.9 Å². The number of anilines is 1. The van der Waals surface area contributed by atoms with E-state index in [-0.39, 0.29) is 29.2 Å². The van der Waals surface area contributed by atoms with Gasteiger partial charge in [0, 0.05) is 5.82 Å². The Hall–Kier alpha value is -4.42. The van der Waals surface area contributed by atoms with Gasteiger partial charge in [-0.25, -0.2) is 24.5 Å². The average molecular weight is 565 g/mol. The van der Waals surface area contributed by atoms with Gasteiger partial charge < -0.3 is 29.7 Å². The van der Waals surface area contributed by atoms with Crippen LogP contribution in [-0.2, 0) is 18.8 Å². The first kappa shape index (κ1) is 27.2. The van der Waals surface area contributed by atoms with Crippen molar-refractivity contribution in [2.45, 2.75) is 18.4 Å². The smallest absolute Gasteiger partial charge is 0.348 e. The molecule has 1 aliphatic heterocycles. The van der Waals surface area contributed by atoms with Crippen LogP contribution in [-0.4, -0.2) is 60.1 Å². The predicted molar refractivity (Wildman–Crippen MR) is 141 cm³/mol. The number of esters is 2. The molecule has 4 atom stereocenters. The van der Waals surface area contributed by atoms with E-state index >= 15 is 0 Å². The summed E-state index contributed by atoms with van der Waals surface area (Å²) in [6.07, 6.45) is 0.529. The number of rotatable bonds is 8. The summed E-state index contributed by atoms with van der Waals surface area (Å²) in [5.41, 5.74) is 7.05. The number of imidazole rings is 1. The highest BCUT2D eigenvalue weighted by Gasteiger charge is 2.48. The average Bonchev–Trinajstić information content (AvgIpc) is 3.53. The van der Waals surface area contributed by atoms with Crippen LogP contribution >= 0.6 is 7.60 Å². The van der Waals surface area contributed by atoms with Crippen LogP contribution in [0.5, 0.6) is 0 Å². The van der Waals surface area contributed by atoms with Gasteiger partial charge >= 0.3 is 19.5 Å². The SMILES string of the molecule is Nc1ncnc2c1ncn2[C@@H]1O[C@H](/C=C/P(=O)(O)O)[C@@H](COC(=O)c2ccccc2)[C@H]1OC(=O)c1ccccc1. The molecule has 0 radical (unpaired) electrons. The lowest BCUT2D eigenvalue weighted by Crippen LogP contribution is -2.35. The van der Waals surface area contributed by atoms with Gasteiger partial charge in [0.25, 0.3) is 0 Å². The Kier molecular flexibility index (Phi) is 7.71. The van der Waals surface area contributed by atoms with Gasteiger partial charge in [-0.05, 0) is 30.3 Å². The molecule has 206 valence electrons. The van der Waals surface area contributed by atoms with Crippen LogP contribution in [0.4, 0.5) is 5.82 Å². The fraction of sp³-hybridized carbons (Fsp3) is 0.192. The zero-order valence-electron chi connectivity index (χ0n) is 20.8. The lowest BCUT2D eigenvalue weighted by molar-refractivity contribution is -0.0408. The summed E-state index contributed by atoms with van der Waals surface area (Å²) < 4.78 is 30.8. The summed E-state index contributed by atoms with van der Waals surface area (Å²) in [7, 11) is -4.58. The van der Waals surface area contributed by atoms with Gasteiger partial charge in [-0.2, -0.15) is 0 Å². The van der Waals surface area contributed by atoms with Crippen molar-refractivity contribution >= 4 is 36.5 Å². The van der Waals surface area contributed by atoms with E-state index in [0.717, 1.165) is 6.08 Å². The summed E-state index contributed by atoms with van der Waals surface area (Å²) in [6.45, 7) is -0.309. The Morgan fingerprint density at radius 1 is 1.00 bits per heavy atom. The first-order valence-electron chi connectivity index (χ1n) is 12.0. The third kappa shape index (κ3) is 5.92. The second-order valence-electron chi connectivity index (χ2n) is 8.87. The maximum Gasteiger partial charge on any atom is 0.348 e. The minimum absolute atomic E-state index is 0.117. The molecule has 0 amide bonds. The van der Waals surface area contributed by atoms with E-state index in [4.69, 9.17) is 19.9 Å². The molecule has 0 saturated carbocycles. The van der Waals surface area contributed by atoms with Crippen LogP contribution in [0.1, 0.15) is 26.9 Å². The van der Waals surface area contributed by atoms with Gasteiger partial charge in [0.2, 0.25) is 0 Å². The van der Waals surface area contributed by atoms with E-state index in [1.165, 1.54) is 17.2 Å². The molecule has 0 aliphatic carbocycles. The van der Waals surface area contributed by atoms with Crippen molar-refractivity contribution in [1.29, 1.82) is 0 Å². The molecule has 3 heterocycles. The number of fused-ring (bicyclic) bond motifs is 1. The number of hydrogen-bond donors (Lipinski definition) is 3. The molecule has 1 saturated heterocycles. The number of carbonyl (C=O) groups is 2. The first-order chi connectivity index (χ1) is 19.2. The molecule has 1 aliphatic rings. The summed E-state index contributed by atoms with van der Waals surface area (Å²) in [6, 6.07) is 16.5. The van der Waals surface area contributed by atoms with Crippen molar-refractivity contribution in [3.8, 4) is 0 Å². The van der Waals surface area contributed by atoms with Crippen LogP contribution in [0.3, 0.4) is 0 Å². The number of aromatic nitrogens is 4. The molecular formula is C26H24N5O8P. The van der Waals surface area contributed by atoms with E-state index in [1.807, 2.05) is 0 Å². The molecule has 0 spiro atoms. The van der Waals surface area contributed by atoms with Crippen LogP contribution < -0.4 is 5.73 Å². The van der Waals surface area contributed by atoms with Crippen molar-refractivity contribution < 1.29 is 38.2 Å². The second-order valence-corrected chi connectivity index (χ2v) is 10.3. The Bertz CT molecular complexity index is 1590. The van der Waals surface area contributed by atoms with Gasteiger partial charge in [-0.3, -0.25) is 9.13 Å². The molecule has 40 heavy (non-hydrogen) atoms. The van der Waals surface area contributed by atoms with Crippen molar-refractivity contribution in [3.63, 3.8) is 0 Å². The van der Waals surface area contributed by atoms with Crippen molar-refractivity contribution in [1.82, 2.24) is 19.5 Å². The van der Waals surface area contributed by atoms with Crippen LogP contribution in [0, 0.1) is 5.92 Å². The van der Waals surface area contributed by atoms with Gasteiger partial charge in [-0.1, -0.05) is 36.4 Å². The Morgan fingerprint density at radius 3 is 2.30 bits per heavy atom. The minimum Gasteiger partial charge on any atom is -0.462 e. The molecule has 13 nitrogen and oxygen atoms in total. The van der Waals surface area contributed by atoms with Crippen LogP contribution in [0.15, 0.2) is 85.2 Å². The lowest BCUT2D eigenvalue weighted by atomic mass is 9.98. The molecule has 0 bridgehead atoms. The maximum atomic E-state index is 13.2. The zero-order valence-corrected chi connectivity index (χ0v) is 21.7. The van der Waals surface area contributed by atoms with Gasteiger partial charge in [-0.15, -0.1) is 0 Å². The number of carbonyl (C=O) groups excluding carboxylic acids is 2. The van der Waals surface area contributed by atoms with Crippen molar-refractivity contribution in [2.75, 3.05) is 12.3 Å². The van der Waals surface area contributed by atoms with Gasteiger partial charge in [0.15, 0.2) is 23.8 Å². The third-order valence-corrected chi connectivity index (χ3v) is 6.78. The monoisotopic (exact) mass is 565 g/mol. The number of nitrogens with zero attached hydrogens (tertiary/aromatic N) is 4. The highest BCUT2D eigenvalue weighted by atomic mass is 31.2. The Balaban J connectivity index is 1.53. The fourth-order valence-electron chi connectivity index (χ4n) is 4.33. The van der Waals surface area contributed by atoms with Crippen molar-refractivity contribution in [2.24, 2.45) is 5.92 Å². The highest BCUT2D eigenvalue weighted by Crippen LogP contribution is 2.42. The molecular weight excluding hydrogens is 541 g/mol. The first-order valence-corrected chi connectivity index (χ1v) is 13.7. The van der Waals surface area contributed by atoms with E-state index in [1.54, 1.807) is 60.7 Å². The molecule has 14 heteroatoms. The van der Waals surface area contributed by atoms with Gasteiger partial charge in [0.05, 0.1) is 29.5 Å². The maximum absolute atomic E-state index is 13.2. The topological polar surface area (TPSA) is 189 Å². The van der Waals surface area contributed by atoms with E-state index in [2.05, 4.69) is 15.0 Å². The minimum atomic E-state index is -4.58. The number of hydrogen-bond acceptors (Lipinski definition) is 10. The normalized spacial score (nSPS) is 21.1. The predicted octanol–water partition coefficient (Wildman–Crippen LogP) is 2.70. The molecule has 2 aromatic carbocycles. The number of ether oxygens (including phenoxy) is 3. The molecule has 4 aromatic rings. The Morgan fingerprint density at radius 2 is 1.65 bits per heavy atom. The summed E-state index contributed by atoms with van der Waals surface area (Å²) in [5.74, 6) is -1.40. The summed E-state index contributed by atoms with van der Waals surface area (Å²) in [5, 5.41) is 0. The third-order valence-electron chi connectivity index (χ3n) is 6.22. The van der Waals surface area contributed by atoms with E-state index < -0.39 is 43.9 Å².